The lowest BCUT2D eigenvalue weighted by atomic mass is 10.6. The molecule has 0 aromatic rings. The quantitative estimate of drug-likeness (QED) is 0.553. The van der Waals surface area contributed by atoms with Crippen molar-refractivity contribution < 1.29 is 13.3 Å². The number of nitrogens with one attached hydrogen (secondary N) is 1. The largest absolute Gasteiger partial charge is 0.342 e. The summed E-state index contributed by atoms with van der Waals surface area (Å²) in [5.41, 5.74) is 4.94. The summed E-state index contributed by atoms with van der Waals surface area (Å²) < 4.78 is 23.5. The van der Waals surface area contributed by atoms with Gasteiger partial charge in [0.15, 0.2) is 0 Å². The maximum atomic E-state index is 10.9. The third kappa shape index (κ3) is 6.86. The number of nitrogens with two attached hydrogens (primary N) is 1. The van der Waals surface area contributed by atoms with E-state index in [1.165, 1.54) is 0 Å². The minimum Gasteiger partial charge on any atom is -0.342 e. The lowest BCUT2D eigenvalue weighted by Gasteiger charge is -2.10. The Morgan fingerprint density at radius 1 is 1.73 bits per heavy atom. The Bertz CT molecular complexity index is 256. The molecule has 1 atom stereocenters. The summed E-state index contributed by atoms with van der Waals surface area (Å²) in [5.74, 6) is -0.0663. The first-order valence-electron chi connectivity index (χ1n) is 2.90. The highest BCUT2D eigenvalue weighted by molar-refractivity contribution is 8.14. The van der Waals surface area contributed by atoms with Gasteiger partial charge in [0.2, 0.25) is 16.6 Å². The molecule has 4 N–H and O–H groups in total. The van der Waals surface area contributed by atoms with Crippen molar-refractivity contribution in [1.29, 1.82) is 0 Å². The third-order valence-electron chi connectivity index (χ3n) is 0.743. The molecular formula is C3H11N2O3PS2. The van der Waals surface area contributed by atoms with Crippen LogP contribution in [0.1, 0.15) is 13.3 Å². The Morgan fingerprint density at radius 3 is 2.45 bits per heavy atom. The molecule has 0 amide bonds. The zero-order chi connectivity index (χ0) is 9.12. The fraction of sp³-hybridized carbons (Fsp3) is 1.00. The lowest BCUT2D eigenvalue weighted by molar-refractivity contribution is 0.582. The van der Waals surface area contributed by atoms with Crippen molar-refractivity contribution in [3.63, 3.8) is 0 Å². The molecule has 0 aliphatic carbocycles. The van der Waals surface area contributed by atoms with E-state index in [9.17, 15) is 8.42 Å². The first-order chi connectivity index (χ1) is 4.77. The molecule has 0 heterocycles. The van der Waals surface area contributed by atoms with Crippen LogP contribution < -0.4 is 10.00 Å². The van der Waals surface area contributed by atoms with E-state index in [4.69, 9.17) is 10.4 Å². The molecule has 0 bridgehead atoms. The Labute approximate surface area is 71.2 Å². The van der Waals surface area contributed by atoms with Crippen molar-refractivity contribution in [3.05, 3.63) is 0 Å². The van der Waals surface area contributed by atoms with Crippen LogP contribution in [0, 0.1) is 0 Å². The molecule has 0 radical (unpaired) electrons. The molecule has 5 nitrogen and oxygen atoms in total. The van der Waals surface area contributed by atoms with E-state index < -0.39 is 16.6 Å². The number of hydrogen-bond acceptors (Lipinski definition) is 3. The average Bonchev–Trinajstić information content (AvgIpc) is 1.55. The van der Waals surface area contributed by atoms with E-state index in [2.05, 4.69) is 11.8 Å². The van der Waals surface area contributed by atoms with Crippen LogP contribution in [0.4, 0.5) is 0 Å². The number of sulfonamides is 1. The molecule has 0 aliphatic heterocycles. The van der Waals surface area contributed by atoms with Crippen molar-refractivity contribution in [2.45, 2.75) is 13.3 Å². The standard InChI is InChI=1S/C3H11N2O3PS2/c1-2-3-11(7,8)5-9(4,6)10/h2-3H2,1H3,(H4,4,5,6,10). The topological polar surface area (TPSA) is 92.4 Å². The number of rotatable bonds is 4. The van der Waals surface area contributed by atoms with Crippen molar-refractivity contribution >= 4 is 28.4 Å². The summed E-state index contributed by atoms with van der Waals surface area (Å²) in [6.45, 7) is -1.62. The molecule has 0 aliphatic rings. The molecule has 0 saturated carbocycles. The zero-order valence-corrected chi connectivity index (χ0v) is 8.55. The first kappa shape index (κ1) is 11.5. The van der Waals surface area contributed by atoms with Gasteiger partial charge in [-0.3, -0.25) is 5.50 Å². The summed E-state index contributed by atoms with van der Waals surface area (Å²) in [4.78, 5) is 8.79. The van der Waals surface area contributed by atoms with Crippen LogP contribution in [0.3, 0.4) is 0 Å². The molecule has 1 unspecified atom stereocenters. The smallest absolute Gasteiger partial charge is 0.218 e. The summed E-state index contributed by atoms with van der Waals surface area (Å²) in [5, 5.41) is 0. The summed E-state index contributed by atoms with van der Waals surface area (Å²) in [6.07, 6.45) is 0.463. The average molecular weight is 218 g/mol. The van der Waals surface area contributed by atoms with Crippen molar-refractivity contribution in [2.24, 2.45) is 5.50 Å². The van der Waals surface area contributed by atoms with Crippen molar-refractivity contribution in [2.75, 3.05) is 5.75 Å². The summed E-state index contributed by atoms with van der Waals surface area (Å²) in [7, 11) is -3.47. The van der Waals surface area contributed by atoms with Crippen LogP contribution in [0.15, 0.2) is 0 Å². The van der Waals surface area contributed by atoms with Gasteiger partial charge in [-0.2, -0.15) is 4.49 Å². The summed E-state index contributed by atoms with van der Waals surface area (Å²) >= 11 is 4.30. The van der Waals surface area contributed by atoms with Gasteiger partial charge in [-0.15, -0.1) is 0 Å². The molecule has 11 heavy (non-hydrogen) atoms. The Hall–Kier alpha value is 0.480. The SMILES string of the molecule is CCCS(=O)(=O)NP(N)(O)=S. The van der Waals surface area contributed by atoms with Crippen molar-refractivity contribution in [3.8, 4) is 0 Å². The fourth-order valence-corrected chi connectivity index (χ4v) is 4.03. The van der Waals surface area contributed by atoms with Crippen LogP contribution in [-0.4, -0.2) is 19.1 Å². The van der Waals surface area contributed by atoms with Crippen LogP contribution in [0.2, 0.25) is 0 Å². The zero-order valence-electron chi connectivity index (χ0n) is 6.02. The van der Waals surface area contributed by atoms with Gasteiger partial charge in [-0.25, -0.2) is 8.42 Å². The molecule has 0 saturated heterocycles. The molecule has 68 valence electrons. The van der Waals surface area contributed by atoms with Crippen molar-refractivity contribution in [1.82, 2.24) is 4.49 Å². The molecule has 0 aromatic carbocycles. The van der Waals surface area contributed by atoms with E-state index in [0.29, 0.717) is 6.42 Å². The highest BCUT2D eigenvalue weighted by Gasteiger charge is 2.15. The second-order valence-corrected chi connectivity index (χ2v) is 7.32. The molecule has 8 heteroatoms. The predicted molar refractivity (Wildman–Crippen MR) is 47.9 cm³/mol. The molecule has 0 fully saturated rings. The van der Waals surface area contributed by atoms with Gasteiger partial charge >= 0.3 is 0 Å². The Morgan fingerprint density at radius 2 is 2.18 bits per heavy atom. The van der Waals surface area contributed by atoms with Gasteiger partial charge < -0.3 is 4.89 Å². The van der Waals surface area contributed by atoms with Crippen LogP contribution in [-0.2, 0) is 21.8 Å². The second kappa shape index (κ2) is 3.93. The van der Waals surface area contributed by atoms with Gasteiger partial charge in [0, 0.05) is 0 Å². The van der Waals surface area contributed by atoms with Gasteiger partial charge in [0.05, 0.1) is 5.75 Å². The molecule has 0 aromatic heterocycles. The maximum Gasteiger partial charge on any atom is 0.218 e. The lowest BCUT2D eigenvalue weighted by Crippen LogP contribution is -2.26. The summed E-state index contributed by atoms with van der Waals surface area (Å²) in [6, 6.07) is 0. The fourth-order valence-electron chi connectivity index (χ4n) is 0.514. The van der Waals surface area contributed by atoms with E-state index in [-0.39, 0.29) is 5.75 Å². The van der Waals surface area contributed by atoms with Crippen LogP contribution >= 0.6 is 6.57 Å². The monoisotopic (exact) mass is 218 g/mol. The Balaban J connectivity index is 4.27. The number of hydrogen-bond donors (Lipinski definition) is 3. The molecule has 0 rings (SSSR count). The second-order valence-electron chi connectivity index (χ2n) is 2.03. The van der Waals surface area contributed by atoms with E-state index in [1.807, 2.05) is 4.49 Å². The molecular weight excluding hydrogens is 207 g/mol. The van der Waals surface area contributed by atoms with Gasteiger partial charge in [-0.1, -0.05) is 6.92 Å². The van der Waals surface area contributed by atoms with Gasteiger partial charge in [0.1, 0.15) is 0 Å². The van der Waals surface area contributed by atoms with Crippen LogP contribution in [0.5, 0.6) is 0 Å². The predicted octanol–water partition coefficient (Wildman–Crippen LogP) is -0.509. The van der Waals surface area contributed by atoms with E-state index >= 15 is 0 Å². The van der Waals surface area contributed by atoms with E-state index in [0.717, 1.165) is 0 Å². The minimum atomic E-state index is -3.47. The van der Waals surface area contributed by atoms with Gasteiger partial charge in [0.25, 0.3) is 0 Å². The third-order valence-corrected chi connectivity index (χ3v) is 4.52. The maximum absolute atomic E-state index is 10.9. The molecule has 0 spiro atoms. The van der Waals surface area contributed by atoms with Crippen LogP contribution in [0.25, 0.3) is 0 Å². The minimum absolute atomic E-state index is 0.0663. The van der Waals surface area contributed by atoms with Gasteiger partial charge in [-0.05, 0) is 18.2 Å². The van der Waals surface area contributed by atoms with E-state index in [1.54, 1.807) is 6.92 Å². The highest BCUT2D eigenvalue weighted by Crippen LogP contribution is 2.25. The normalized spacial score (nSPS) is 17.7. The highest BCUT2D eigenvalue weighted by atomic mass is 32.5. The Kier molecular flexibility index (Phi) is 4.10. The first-order valence-corrected chi connectivity index (χ1v) is 7.37.